The van der Waals surface area contributed by atoms with Gasteiger partial charge >= 0.3 is 0 Å². The molecule has 2 aromatic heterocycles. The van der Waals surface area contributed by atoms with E-state index in [0.717, 1.165) is 41.2 Å². The monoisotopic (exact) mass is 545 g/mol. The lowest BCUT2D eigenvalue weighted by atomic mass is 10.0. The summed E-state index contributed by atoms with van der Waals surface area (Å²) in [6, 6.07) is 6.01. The first-order chi connectivity index (χ1) is 18.1. The van der Waals surface area contributed by atoms with Crippen LogP contribution in [0, 0.1) is 13.8 Å². The molecule has 0 radical (unpaired) electrons. The zero-order valence-corrected chi connectivity index (χ0v) is 23.9. The number of nitrogens with zero attached hydrogens (tertiary/aromatic N) is 4. The second-order valence-electron chi connectivity index (χ2n) is 9.74. The lowest BCUT2D eigenvalue weighted by Gasteiger charge is -2.18. The Morgan fingerprint density at radius 2 is 1.95 bits per heavy atom. The third kappa shape index (κ3) is 8.08. The maximum absolute atomic E-state index is 11.2. The average molecular weight is 546 g/mol. The molecule has 0 aliphatic carbocycles. The molecule has 0 saturated carbocycles. The van der Waals surface area contributed by atoms with Crippen molar-refractivity contribution in [3.8, 4) is 27.9 Å². The molecule has 1 atom stereocenters. The van der Waals surface area contributed by atoms with E-state index in [4.69, 9.17) is 14.4 Å². The van der Waals surface area contributed by atoms with Crippen LogP contribution in [0.5, 0.6) is 5.75 Å². The van der Waals surface area contributed by atoms with Gasteiger partial charge in [-0.05, 0) is 76.3 Å². The van der Waals surface area contributed by atoms with Gasteiger partial charge in [-0.2, -0.15) is 4.98 Å². The van der Waals surface area contributed by atoms with E-state index < -0.39 is 18.6 Å². The molecule has 0 saturated heterocycles. The fourth-order valence-electron chi connectivity index (χ4n) is 3.89. The standard InChI is InChI=1S/C27H39N5O5S/c1-7-19-12-20(10-18(3)25(19)36-16-21(34)13-28-24(35)15-33)26-29-27(37-30-26)22-11-17(2)23(38-22)14-32(6)9-8-31(4)5/h10-12,21,33-34H,7-9,13-16H2,1-6H3,(H,28,35)/t21-/m0/s1. The van der Waals surface area contributed by atoms with Crippen LogP contribution in [0.1, 0.15) is 28.5 Å². The molecule has 3 aromatic rings. The first kappa shape index (κ1) is 29.7. The molecule has 0 fully saturated rings. The fourth-order valence-corrected chi connectivity index (χ4v) is 5.07. The second-order valence-corrected chi connectivity index (χ2v) is 10.9. The van der Waals surface area contributed by atoms with Gasteiger partial charge in [-0.3, -0.25) is 4.79 Å². The number of aryl methyl sites for hydroxylation is 3. The summed E-state index contributed by atoms with van der Waals surface area (Å²) in [6.45, 7) is 8.32. The molecule has 0 bridgehead atoms. The van der Waals surface area contributed by atoms with Crippen molar-refractivity contribution in [2.45, 2.75) is 39.8 Å². The topological polar surface area (TPSA) is 124 Å². The van der Waals surface area contributed by atoms with Gasteiger partial charge in [0.15, 0.2) is 0 Å². The van der Waals surface area contributed by atoms with Gasteiger partial charge in [-0.1, -0.05) is 12.1 Å². The van der Waals surface area contributed by atoms with Crippen LogP contribution in [0.3, 0.4) is 0 Å². The van der Waals surface area contributed by atoms with Gasteiger partial charge < -0.3 is 34.6 Å². The Morgan fingerprint density at radius 1 is 1.18 bits per heavy atom. The first-order valence-corrected chi connectivity index (χ1v) is 13.5. The molecule has 3 rings (SSSR count). The second kappa shape index (κ2) is 13.8. The van der Waals surface area contributed by atoms with Crippen molar-refractivity contribution in [3.63, 3.8) is 0 Å². The van der Waals surface area contributed by atoms with Crippen molar-refractivity contribution in [2.24, 2.45) is 0 Å². The summed E-state index contributed by atoms with van der Waals surface area (Å²) in [5, 5.41) is 25.6. The summed E-state index contributed by atoms with van der Waals surface area (Å²) >= 11 is 1.68. The largest absolute Gasteiger partial charge is 0.490 e. The van der Waals surface area contributed by atoms with Crippen LogP contribution in [0.4, 0.5) is 0 Å². The van der Waals surface area contributed by atoms with E-state index in [9.17, 15) is 9.90 Å². The van der Waals surface area contributed by atoms with Crippen LogP contribution in [0.25, 0.3) is 22.2 Å². The zero-order chi connectivity index (χ0) is 27.8. The molecule has 2 heterocycles. The van der Waals surface area contributed by atoms with Crippen LogP contribution in [0.2, 0.25) is 0 Å². The third-order valence-corrected chi connectivity index (χ3v) is 7.30. The fraction of sp³-hybridized carbons (Fsp3) is 0.519. The average Bonchev–Trinajstić information content (AvgIpc) is 3.52. The number of rotatable bonds is 14. The van der Waals surface area contributed by atoms with E-state index in [1.54, 1.807) is 11.3 Å². The highest BCUT2D eigenvalue weighted by Crippen LogP contribution is 2.34. The van der Waals surface area contributed by atoms with Crippen molar-refractivity contribution in [1.29, 1.82) is 0 Å². The van der Waals surface area contributed by atoms with Crippen LogP contribution < -0.4 is 10.1 Å². The number of aromatic nitrogens is 2. The Hall–Kier alpha value is -2.83. The first-order valence-electron chi connectivity index (χ1n) is 12.7. The van der Waals surface area contributed by atoms with Crippen molar-refractivity contribution in [1.82, 2.24) is 25.3 Å². The molecule has 38 heavy (non-hydrogen) atoms. The highest BCUT2D eigenvalue weighted by Gasteiger charge is 2.18. The summed E-state index contributed by atoms with van der Waals surface area (Å²) in [4.78, 5) is 22.6. The maximum Gasteiger partial charge on any atom is 0.268 e. The summed E-state index contributed by atoms with van der Waals surface area (Å²) in [6.07, 6.45) is -0.193. The minimum atomic E-state index is -0.902. The van der Waals surface area contributed by atoms with Gasteiger partial charge in [0.25, 0.3) is 5.89 Å². The number of benzene rings is 1. The summed E-state index contributed by atoms with van der Waals surface area (Å²) in [5.41, 5.74) is 3.87. The summed E-state index contributed by atoms with van der Waals surface area (Å²) in [5.74, 6) is 1.15. The number of amides is 1. The predicted octanol–water partition coefficient (Wildman–Crippen LogP) is 2.49. The molecule has 1 amide bonds. The minimum absolute atomic E-state index is 0.000100. The third-order valence-electron chi connectivity index (χ3n) is 6.09. The molecule has 3 N–H and O–H groups in total. The number of aliphatic hydroxyl groups excluding tert-OH is 2. The van der Waals surface area contributed by atoms with Crippen LogP contribution in [-0.4, -0.2) is 96.2 Å². The van der Waals surface area contributed by atoms with Crippen molar-refractivity contribution >= 4 is 17.2 Å². The number of ether oxygens (including phenoxy) is 1. The molecule has 11 heteroatoms. The van der Waals surface area contributed by atoms with E-state index >= 15 is 0 Å². The molecule has 0 aliphatic heterocycles. The summed E-state index contributed by atoms with van der Waals surface area (Å²) < 4.78 is 11.5. The molecular formula is C27H39N5O5S. The van der Waals surface area contributed by atoms with Gasteiger partial charge in [-0.15, -0.1) is 11.3 Å². The lowest BCUT2D eigenvalue weighted by Crippen LogP contribution is -2.36. The van der Waals surface area contributed by atoms with E-state index in [2.05, 4.69) is 59.4 Å². The van der Waals surface area contributed by atoms with Gasteiger partial charge in [0.1, 0.15) is 25.1 Å². The van der Waals surface area contributed by atoms with Crippen LogP contribution in [-0.2, 0) is 17.8 Å². The molecule has 0 spiro atoms. The molecule has 10 nitrogen and oxygen atoms in total. The number of carbonyl (C=O) groups excluding carboxylic acids is 1. The van der Waals surface area contributed by atoms with Gasteiger partial charge in [0, 0.05) is 36.6 Å². The van der Waals surface area contributed by atoms with Crippen molar-refractivity contribution < 1.29 is 24.3 Å². The zero-order valence-electron chi connectivity index (χ0n) is 23.1. The molecular weight excluding hydrogens is 506 g/mol. The van der Waals surface area contributed by atoms with Crippen molar-refractivity contribution in [2.75, 3.05) is 54.0 Å². The highest BCUT2D eigenvalue weighted by molar-refractivity contribution is 7.15. The number of nitrogens with one attached hydrogen (secondary N) is 1. The molecule has 0 unspecified atom stereocenters. The smallest absolute Gasteiger partial charge is 0.268 e. The van der Waals surface area contributed by atoms with E-state index in [1.165, 1.54) is 10.4 Å². The number of carbonyl (C=O) groups is 1. The quantitative estimate of drug-likeness (QED) is 0.280. The Balaban J connectivity index is 1.71. The Bertz CT molecular complexity index is 1210. The lowest BCUT2D eigenvalue weighted by molar-refractivity contribution is -0.124. The minimum Gasteiger partial charge on any atom is -0.490 e. The molecule has 208 valence electrons. The van der Waals surface area contributed by atoms with E-state index in [1.807, 2.05) is 26.0 Å². The van der Waals surface area contributed by atoms with Gasteiger partial charge in [0.05, 0.1) is 4.88 Å². The summed E-state index contributed by atoms with van der Waals surface area (Å²) in [7, 11) is 6.29. The Labute approximate surface area is 228 Å². The Kier molecular flexibility index (Phi) is 10.8. The number of aliphatic hydroxyl groups is 2. The van der Waals surface area contributed by atoms with Crippen LogP contribution in [0.15, 0.2) is 22.7 Å². The van der Waals surface area contributed by atoms with Gasteiger partial charge in [0.2, 0.25) is 11.7 Å². The van der Waals surface area contributed by atoms with E-state index in [-0.39, 0.29) is 13.2 Å². The van der Waals surface area contributed by atoms with Crippen LogP contribution >= 0.6 is 11.3 Å². The number of hydrogen-bond donors (Lipinski definition) is 3. The van der Waals surface area contributed by atoms with E-state index in [0.29, 0.717) is 23.9 Å². The SMILES string of the molecule is CCc1cc(-c2noc(-c3cc(C)c(CN(C)CCN(C)C)s3)n2)cc(C)c1OC[C@@H](O)CNC(=O)CO. The molecule has 1 aromatic carbocycles. The Morgan fingerprint density at radius 3 is 2.63 bits per heavy atom. The maximum atomic E-state index is 11.2. The van der Waals surface area contributed by atoms with Crippen molar-refractivity contribution in [3.05, 3.63) is 39.8 Å². The number of likely N-dealkylation sites (N-methyl/N-ethyl adjacent to an activating group) is 2. The normalized spacial score (nSPS) is 12.4. The predicted molar refractivity (Wildman–Crippen MR) is 148 cm³/mol. The highest BCUT2D eigenvalue weighted by atomic mass is 32.1. The van der Waals surface area contributed by atoms with Gasteiger partial charge in [-0.25, -0.2) is 0 Å². The number of thiophene rings is 1. The molecule has 0 aliphatic rings. The number of hydrogen-bond acceptors (Lipinski definition) is 10.